The second kappa shape index (κ2) is 5.83. The van der Waals surface area contributed by atoms with E-state index in [0.29, 0.717) is 10.9 Å². The van der Waals surface area contributed by atoms with Crippen LogP contribution in [-0.4, -0.2) is 28.8 Å². The molecule has 0 saturated heterocycles. The molecule has 20 heavy (non-hydrogen) atoms. The number of carbonyl (C=O) groups excluding carboxylic acids is 1. The maximum Gasteiger partial charge on any atom is 0.412 e. The molecule has 1 amide bonds. The van der Waals surface area contributed by atoms with E-state index in [0.717, 1.165) is 0 Å². The molecule has 0 fully saturated rings. The lowest BCUT2D eigenvalue weighted by Gasteiger charge is -2.09. The summed E-state index contributed by atoms with van der Waals surface area (Å²) in [5, 5.41) is 12.2. The Bertz CT molecular complexity index is 682. The first-order chi connectivity index (χ1) is 9.61. The number of nitrogens with one attached hydrogen (secondary N) is 1. The molecule has 0 spiro atoms. The van der Waals surface area contributed by atoms with Crippen LogP contribution in [-0.2, 0) is 4.74 Å². The first kappa shape index (κ1) is 13.5. The number of fused-ring (bicyclic) bond motifs is 1. The molecule has 2 rings (SSSR count). The Morgan fingerprint density at radius 1 is 1.45 bits per heavy atom. The van der Waals surface area contributed by atoms with Gasteiger partial charge in [-0.1, -0.05) is 18.7 Å². The van der Waals surface area contributed by atoms with Gasteiger partial charge in [-0.2, -0.15) is 0 Å². The number of carboxylic acid groups (broad SMARTS) is 1. The van der Waals surface area contributed by atoms with E-state index in [1.807, 2.05) is 0 Å². The van der Waals surface area contributed by atoms with Crippen LogP contribution in [0.4, 0.5) is 10.5 Å². The quantitative estimate of drug-likeness (QED) is 0.835. The minimum absolute atomic E-state index is 0.0597. The number of rotatable bonds is 4. The number of nitrogens with zero attached hydrogens (tertiary/aromatic N) is 1. The number of aromatic nitrogens is 1. The molecule has 2 N–H and O–H groups in total. The largest absolute Gasteiger partial charge is 0.478 e. The monoisotopic (exact) mass is 272 g/mol. The number of aromatic carboxylic acids is 1. The second-order valence-corrected chi connectivity index (χ2v) is 3.92. The first-order valence-corrected chi connectivity index (χ1v) is 5.78. The van der Waals surface area contributed by atoms with Crippen molar-refractivity contribution in [3.8, 4) is 0 Å². The molecule has 6 nitrogen and oxygen atoms in total. The van der Waals surface area contributed by atoms with Gasteiger partial charge in [-0.3, -0.25) is 10.3 Å². The molecular weight excluding hydrogens is 260 g/mol. The average Bonchev–Trinajstić information content (AvgIpc) is 2.44. The van der Waals surface area contributed by atoms with Gasteiger partial charge in [0.2, 0.25) is 0 Å². The second-order valence-electron chi connectivity index (χ2n) is 3.92. The average molecular weight is 272 g/mol. The van der Waals surface area contributed by atoms with Gasteiger partial charge in [-0.15, -0.1) is 0 Å². The SMILES string of the molecule is C=CCOC(=O)Nc1cc(C(=O)O)cc2cccnc12. The molecule has 2 aromatic rings. The molecule has 0 bridgehead atoms. The minimum atomic E-state index is -1.08. The van der Waals surface area contributed by atoms with Gasteiger partial charge in [0.15, 0.2) is 0 Å². The molecule has 0 aliphatic rings. The molecule has 0 atom stereocenters. The summed E-state index contributed by atoms with van der Waals surface area (Å²) in [5.41, 5.74) is 0.840. The zero-order valence-corrected chi connectivity index (χ0v) is 10.5. The molecule has 1 aromatic carbocycles. The van der Waals surface area contributed by atoms with E-state index in [4.69, 9.17) is 9.84 Å². The smallest absolute Gasteiger partial charge is 0.412 e. The van der Waals surface area contributed by atoms with E-state index in [2.05, 4.69) is 16.9 Å². The number of carbonyl (C=O) groups is 2. The molecule has 6 heteroatoms. The summed E-state index contributed by atoms with van der Waals surface area (Å²) in [7, 11) is 0. The summed E-state index contributed by atoms with van der Waals surface area (Å²) in [6.45, 7) is 3.50. The van der Waals surface area contributed by atoms with Crippen LogP contribution >= 0.6 is 0 Å². The zero-order valence-electron chi connectivity index (χ0n) is 10.5. The highest BCUT2D eigenvalue weighted by Gasteiger charge is 2.12. The van der Waals surface area contributed by atoms with Crippen molar-refractivity contribution in [2.24, 2.45) is 0 Å². The van der Waals surface area contributed by atoms with Gasteiger partial charge >= 0.3 is 12.1 Å². The van der Waals surface area contributed by atoms with Crippen LogP contribution in [0.15, 0.2) is 43.1 Å². The van der Waals surface area contributed by atoms with Gasteiger partial charge in [0.25, 0.3) is 0 Å². The van der Waals surface area contributed by atoms with E-state index in [1.54, 1.807) is 18.3 Å². The van der Waals surface area contributed by atoms with Crippen molar-refractivity contribution in [2.45, 2.75) is 0 Å². The lowest BCUT2D eigenvalue weighted by Crippen LogP contribution is -2.14. The Morgan fingerprint density at radius 3 is 2.95 bits per heavy atom. The predicted octanol–water partition coefficient (Wildman–Crippen LogP) is 2.67. The fourth-order valence-corrected chi connectivity index (χ4v) is 1.69. The first-order valence-electron chi connectivity index (χ1n) is 5.78. The topological polar surface area (TPSA) is 88.5 Å². The van der Waals surface area contributed by atoms with Crippen LogP contribution in [0.2, 0.25) is 0 Å². The van der Waals surface area contributed by atoms with Gasteiger partial charge in [-0.05, 0) is 18.2 Å². The van der Waals surface area contributed by atoms with Crippen molar-refractivity contribution in [3.63, 3.8) is 0 Å². The molecule has 0 aliphatic heterocycles. The van der Waals surface area contributed by atoms with E-state index < -0.39 is 12.1 Å². The standard InChI is InChI=1S/C14H12N2O4/c1-2-6-20-14(19)16-11-8-10(13(17)18)7-9-4-3-5-15-12(9)11/h2-5,7-8H,1,6H2,(H,16,19)(H,17,18). The molecule has 0 unspecified atom stereocenters. The van der Waals surface area contributed by atoms with Crippen molar-refractivity contribution in [3.05, 3.63) is 48.7 Å². The summed E-state index contributed by atoms with van der Waals surface area (Å²) in [6.07, 6.45) is 2.30. The minimum Gasteiger partial charge on any atom is -0.478 e. The summed E-state index contributed by atoms with van der Waals surface area (Å²) in [5.74, 6) is -1.08. The van der Waals surface area contributed by atoms with Crippen molar-refractivity contribution < 1.29 is 19.4 Å². The Hall–Kier alpha value is -2.89. The predicted molar refractivity (Wildman–Crippen MR) is 73.9 cm³/mol. The summed E-state index contributed by atoms with van der Waals surface area (Å²) < 4.78 is 4.80. The molecule has 0 aliphatic carbocycles. The summed E-state index contributed by atoms with van der Waals surface area (Å²) >= 11 is 0. The van der Waals surface area contributed by atoms with E-state index >= 15 is 0 Å². The highest BCUT2D eigenvalue weighted by molar-refractivity contribution is 6.02. The molecule has 102 valence electrons. The molecule has 1 heterocycles. The number of ether oxygens (including phenoxy) is 1. The highest BCUT2D eigenvalue weighted by Crippen LogP contribution is 2.23. The summed E-state index contributed by atoms with van der Waals surface area (Å²) in [6, 6.07) is 6.24. The number of carboxylic acids is 1. The van der Waals surface area contributed by atoms with Crippen molar-refractivity contribution >= 4 is 28.7 Å². The molecule has 1 aromatic heterocycles. The van der Waals surface area contributed by atoms with Gasteiger partial charge < -0.3 is 9.84 Å². The number of hydrogen-bond donors (Lipinski definition) is 2. The Morgan fingerprint density at radius 2 is 2.25 bits per heavy atom. The van der Waals surface area contributed by atoms with Crippen LogP contribution in [0.1, 0.15) is 10.4 Å². The lowest BCUT2D eigenvalue weighted by atomic mass is 10.1. The summed E-state index contributed by atoms with van der Waals surface area (Å²) in [4.78, 5) is 26.7. The zero-order chi connectivity index (χ0) is 14.5. The lowest BCUT2D eigenvalue weighted by molar-refractivity contribution is 0.0697. The Balaban J connectivity index is 2.41. The fourth-order valence-electron chi connectivity index (χ4n) is 1.69. The third-order valence-corrected chi connectivity index (χ3v) is 2.52. The third-order valence-electron chi connectivity index (χ3n) is 2.52. The number of amides is 1. The van der Waals surface area contributed by atoms with Gasteiger partial charge in [0.05, 0.1) is 16.8 Å². The molecule has 0 saturated carbocycles. The fraction of sp³-hybridized carbons (Fsp3) is 0.0714. The number of pyridine rings is 1. The number of hydrogen-bond acceptors (Lipinski definition) is 4. The van der Waals surface area contributed by atoms with Crippen LogP contribution < -0.4 is 5.32 Å². The van der Waals surface area contributed by atoms with E-state index in [9.17, 15) is 9.59 Å². The maximum atomic E-state index is 11.5. The van der Waals surface area contributed by atoms with Crippen LogP contribution in [0, 0.1) is 0 Å². The van der Waals surface area contributed by atoms with Gasteiger partial charge in [-0.25, -0.2) is 9.59 Å². The van der Waals surface area contributed by atoms with Crippen molar-refractivity contribution in [1.82, 2.24) is 4.98 Å². The van der Waals surface area contributed by atoms with Gasteiger partial charge in [0.1, 0.15) is 6.61 Å². The van der Waals surface area contributed by atoms with Crippen LogP contribution in [0.3, 0.4) is 0 Å². The van der Waals surface area contributed by atoms with Crippen molar-refractivity contribution in [2.75, 3.05) is 11.9 Å². The normalized spacial score (nSPS) is 10.0. The maximum absolute atomic E-state index is 11.5. The molecular formula is C14H12N2O4. The number of benzene rings is 1. The Kier molecular flexibility index (Phi) is 3.95. The van der Waals surface area contributed by atoms with Crippen LogP contribution in [0.5, 0.6) is 0 Å². The van der Waals surface area contributed by atoms with E-state index in [-0.39, 0.29) is 17.9 Å². The highest BCUT2D eigenvalue weighted by atomic mass is 16.5. The number of anilines is 1. The third kappa shape index (κ3) is 2.92. The van der Waals surface area contributed by atoms with Gasteiger partial charge in [0, 0.05) is 11.6 Å². The molecule has 0 radical (unpaired) electrons. The Labute approximate surface area is 114 Å². The van der Waals surface area contributed by atoms with Crippen LogP contribution in [0.25, 0.3) is 10.9 Å². The van der Waals surface area contributed by atoms with Crippen molar-refractivity contribution in [1.29, 1.82) is 0 Å². The van der Waals surface area contributed by atoms with E-state index in [1.165, 1.54) is 18.2 Å².